The first-order valence-corrected chi connectivity index (χ1v) is 7.75. The Bertz CT molecular complexity index is 473. The number of carbonyl (C=O) groups excluding carboxylic acids is 1. The van der Waals surface area contributed by atoms with Gasteiger partial charge in [-0.1, -0.05) is 38.3 Å². The highest BCUT2D eigenvalue weighted by atomic mass is 35.5. The van der Waals surface area contributed by atoms with Gasteiger partial charge in [0.05, 0.1) is 5.69 Å². The van der Waals surface area contributed by atoms with Gasteiger partial charge in [-0.05, 0) is 43.7 Å². The topological polar surface area (TPSA) is 42.0 Å². The van der Waals surface area contributed by atoms with Crippen molar-refractivity contribution in [2.75, 3.05) is 5.32 Å². The lowest BCUT2D eigenvalue weighted by Crippen LogP contribution is -2.35. The zero-order valence-electron chi connectivity index (χ0n) is 12.5. The van der Waals surface area contributed by atoms with Gasteiger partial charge in [-0.3, -0.25) is 4.79 Å². The summed E-state index contributed by atoms with van der Waals surface area (Å²) < 4.78 is 0. The van der Waals surface area contributed by atoms with E-state index in [1.165, 1.54) is 0 Å². The van der Waals surface area contributed by atoms with E-state index in [2.05, 4.69) is 24.1 Å². The summed E-state index contributed by atoms with van der Waals surface area (Å²) in [5, 5.41) is 3.40. The van der Waals surface area contributed by atoms with Crippen LogP contribution in [0.2, 0.25) is 5.15 Å². The molecule has 0 bridgehead atoms. The lowest BCUT2D eigenvalue weighted by Gasteiger charge is -2.29. The van der Waals surface area contributed by atoms with E-state index in [0.717, 1.165) is 37.7 Å². The van der Waals surface area contributed by atoms with Crippen LogP contribution in [0, 0.1) is 18.3 Å². The predicted molar refractivity (Wildman–Crippen MR) is 83.0 cm³/mol. The van der Waals surface area contributed by atoms with Crippen LogP contribution in [0.25, 0.3) is 0 Å². The second kappa shape index (κ2) is 6.13. The molecule has 4 heteroatoms. The molecule has 1 fully saturated rings. The second-order valence-corrected chi connectivity index (χ2v) is 6.69. The first-order valence-electron chi connectivity index (χ1n) is 7.37. The number of nitrogens with one attached hydrogen (secondary N) is 1. The van der Waals surface area contributed by atoms with Crippen LogP contribution in [-0.4, -0.2) is 10.9 Å². The Morgan fingerprint density at radius 2 is 2.10 bits per heavy atom. The number of halogens is 1. The maximum absolute atomic E-state index is 12.8. The Morgan fingerprint density at radius 1 is 1.45 bits per heavy atom. The minimum atomic E-state index is -0.222. The molecule has 0 aliphatic heterocycles. The number of nitrogens with zero attached hydrogens (tertiary/aromatic N) is 1. The lowest BCUT2D eigenvalue weighted by molar-refractivity contribution is -0.126. The number of pyridine rings is 1. The van der Waals surface area contributed by atoms with Crippen molar-refractivity contribution in [1.82, 2.24) is 4.98 Å². The van der Waals surface area contributed by atoms with E-state index < -0.39 is 0 Å². The Labute approximate surface area is 126 Å². The molecule has 3 nitrogen and oxygen atoms in total. The van der Waals surface area contributed by atoms with Crippen molar-refractivity contribution >= 4 is 23.2 Å². The van der Waals surface area contributed by atoms with Crippen molar-refractivity contribution in [2.24, 2.45) is 11.3 Å². The van der Waals surface area contributed by atoms with E-state index >= 15 is 0 Å². The Hall–Kier alpha value is -1.09. The lowest BCUT2D eigenvalue weighted by atomic mass is 9.77. The van der Waals surface area contributed by atoms with Gasteiger partial charge in [0.2, 0.25) is 5.91 Å². The summed E-state index contributed by atoms with van der Waals surface area (Å²) in [6.07, 6.45) is 6.84. The molecule has 0 saturated heterocycles. The fourth-order valence-electron chi connectivity index (χ4n) is 3.28. The van der Waals surface area contributed by atoms with Crippen LogP contribution in [-0.2, 0) is 4.79 Å². The van der Waals surface area contributed by atoms with Crippen LogP contribution in [0.4, 0.5) is 5.69 Å². The molecular weight excluding hydrogens is 272 g/mol. The summed E-state index contributed by atoms with van der Waals surface area (Å²) in [5.74, 6) is 0.631. The van der Waals surface area contributed by atoms with E-state index in [4.69, 9.17) is 11.6 Å². The van der Waals surface area contributed by atoms with Crippen LogP contribution in [0.3, 0.4) is 0 Å². The minimum Gasteiger partial charge on any atom is -0.323 e. The molecule has 0 unspecified atom stereocenters. The third-order valence-corrected chi connectivity index (χ3v) is 4.48. The molecule has 1 aliphatic rings. The second-order valence-electron chi connectivity index (χ2n) is 6.33. The van der Waals surface area contributed by atoms with E-state index in [9.17, 15) is 4.79 Å². The van der Waals surface area contributed by atoms with Crippen LogP contribution in [0.1, 0.15) is 51.5 Å². The third-order valence-electron chi connectivity index (χ3n) is 4.19. The van der Waals surface area contributed by atoms with Gasteiger partial charge in [-0.25, -0.2) is 4.98 Å². The molecule has 1 heterocycles. The van der Waals surface area contributed by atoms with Gasteiger partial charge in [-0.15, -0.1) is 0 Å². The molecule has 1 amide bonds. The van der Waals surface area contributed by atoms with Crippen molar-refractivity contribution in [3.05, 3.63) is 23.0 Å². The fraction of sp³-hybridized carbons (Fsp3) is 0.625. The van der Waals surface area contributed by atoms with E-state index in [-0.39, 0.29) is 11.3 Å². The first-order chi connectivity index (χ1) is 9.44. The van der Waals surface area contributed by atoms with Gasteiger partial charge in [-0.2, -0.15) is 0 Å². The summed E-state index contributed by atoms with van der Waals surface area (Å²) in [6.45, 7) is 6.29. The molecule has 1 aromatic rings. The third kappa shape index (κ3) is 3.14. The van der Waals surface area contributed by atoms with Gasteiger partial charge in [0.15, 0.2) is 5.15 Å². The summed E-state index contributed by atoms with van der Waals surface area (Å²) in [5.41, 5.74) is 1.39. The Kier molecular flexibility index (Phi) is 4.69. The number of rotatable bonds is 4. The van der Waals surface area contributed by atoms with Gasteiger partial charge in [0, 0.05) is 11.6 Å². The quantitative estimate of drug-likeness (QED) is 0.825. The maximum Gasteiger partial charge on any atom is 0.230 e. The first kappa shape index (κ1) is 15.3. The number of aryl methyl sites for hydroxylation is 1. The number of hydrogen-bond acceptors (Lipinski definition) is 2. The molecule has 0 aromatic carbocycles. The normalized spacial score (nSPS) is 17.4. The van der Waals surface area contributed by atoms with Crippen LogP contribution in [0.5, 0.6) is 0 Å². The molecule has 0 spiro atoms. The number of aromatic nitrogens is 1. The summed E-state index contributed by atoms with van der Waals surface area (Å²) in [7, 11) is 0. The molecular formula is C16H23ClN2O. The SMILES string of the molecule is Cc1ccnc(Cl)c1NC(=O)C1(CC(C)C)CCCC1. The molecule has 0 radical (unpaired) electrons. The van der Waals surface area contributed by atoms with Crippen LogP contribution < -0.4 is 5.32 Å². The molecule has 1 N–H and O–H groups in total. The smallest absolute Gasteiger partial charge is 0.230 e. The highest BCUT2D eigenvalue weighted by Gasteiger charge is 2.41. The average Bonchev–Trinajstić information content (AvgIpc) is 2.82. The summed E-state index contributed by atoms with van der Waals surface area (Å²) >= 11 is 6.11. The van der Waals surface area contributed by atoms with Crippen molar-refractivity contribution in [1.29, 1.82) is 0 Å². The molecule has 0 atom stereocenters. The van der Waals surface area contributed by atoms with Crippen molar-refractivity contribution in [2.45, 2.75) is 52.9 Å². The fourth-order valence-corrected chi connectivity index (χ4v) is 3.53. The highest BCUT2D eigenvalue weighted by molar-refractivity contribution is 6.32. The van der Waals surface area contributed by atoms with Crippen molar-refractivity contribution in [3.8, 4) is 0 Å². The number of carbonyl (C=O) groups is 1. The van der Waals surface area contributed by atoms with Crippen molar-refractivity contribution < 1.29 is 4.79 Å². The van der Waals surface area contributed by atoms with Gasteiger partial charge < -0.3 is 5.32 Å². The highest BCUT2D eigenvalue weighted by Crippen LogP contribution is 2.44. The zero-order chi connectivity index (χ0) is 14.8. The number of hydrogen-bond donors (Lipinski definition) is 1. The van der Waals surface area contributed by atoms with Gasteiger partial charge in [0.25, 0.3) is 0 Å². The summed E-state index contributed by atoms with van der Waals surface area (Å²) in [6, 6.07) is 1.87. The minimum absolute atomic E-state index is 0.113. The van der Waals surface area contributed by atoms with Crippen LogP contribution >= 0.6 is 11.6 Å². The average molecular weight is 295 g/mol. The van der Waals surface area contributed by atoms with Crippen LogP contribution in [0.15, 0.2) is 12.3 Å². The molecule has 1 saturated carbocycles. The Morgan fingerprint density at radius 3 is 2.65 bits per heavy atom. The number of anilines is 1. The summed E-state index contributed by atoms with van der Waals surface area (Å²) in [4.78, 5) is 16.8. The standard InChI is InChI=1S/C16H23ClN2O/c1-11(2)10-16(7-4-5-8-16)15(20)19-13-12(3)6-9-18-14(13)17/h6,9,11H,4-5,7-8,10H2,1-3H3,(H,19,20). The zero-order valence-corrected chi connectivity index (χ0v) is 13.3. The van der Waals surface area contributed by atoms with Gasteiger partial charge >= 0.3 is 0 Å². The molecule has 20 heavy (non-hydrogen) atoms. The van der Waals surface area contributed by atoms with Gasteiger partial charge in [0.1, 0.15) is 0 Å². The van der Waals surface area contributed by atoms with E-state index in [1.54, 1.807) is 6.20 Å². The predicted octanol–water partition coefficient (Wildman–Crippen LogP) is 4.59. The largest absolute Gasteiger partial charge is 0.323 e. The van der Waals surface area contributed by atoms with E-state index in [1.807, 2.05) is 13.0 Å². The van der Waals surface area contributed by atoms with Crippen molar-refractivity contribution in [3.63, 3.8) is 0 Å². The Balaban J connectivity index is 2.21. The van der Waals surface area contributed by atoms with E-state index in [0.29, 0.717) is 16.8 Å². The molecule has 110 valence electrons. The number of amides is 1. The monoisotopic (exact) mass is 294 g/mol. The maximum atomic E-state index is 12.8. The molecule has 1 aliphatic carbocycles. The molecule has 1 aromatic heterocycles. The molecule has 2 rings (SSSR count).